The topological polar surface area (TPSA) is 42.9 Å². The van der Waals surface area contributed by atoms with E-state index in [0.717, 1.165) is 63.8 Å². The molecule has 1 fully saturated rings. The number of fused-ring (bicyclic) bond motifs is 1. The molecule has 0 amide bonds. The number of aromatic nitrogens is 1. The zero-order valence-corrected chi connectivity index (χ0v) is 26.6. The molecule has 2 N–H and O–H groups in total. The number of H-pyrrole nitrogens is 1. The van der Waals surface area contributed by atoms with Gasteiger partial charge in [0.05, 0.1) is 11.4 Å². The zero-order valence-electron chi connectivity index (χ0n) is 25.8. The first-order chi connectivity index (χ1) is 20.2. The van der Waals surface area contributed by atoms with E-state index in [4.69, 9.17) is 0 Å². The fourth-order valence-electron chi connectivity index (χ4n) is 5.47. The number of likely N-dealkylation sites (tertiary alicyclic amines) is 1. The summed E-state index contributed by atoms with van der Waals surface area (Å²) in [6.07, 6.45) is 15.2. The van der Waals surface area contributed by atoms with E-state index < -0.39 is 0 Å². The van der Waals surface area contributed by atoms with Gasteiger partial charge in [0, 0.05) is 31.8 Å². The molecule has 0 atom stereocenters. The van der Waals surface area contributed by atoms with Gasteiger partial charge < -0.3 is 9.88 Å². The monoisotopic (exact) mass is 575 g/mol. The average Bonchev–Trinajstić information content (AvgIpc) is 3.77. The van der Waals surface area contributed by atoms with Gasteiger partial charge in [-0.25, -0.2) is 0 Å². The molecule has 0 aliphatic carbocycles. The highest BCUT2D eigenvalue weighted by Gasteiger charge is 2.16. The van der Waals surface area contributed by atoms with Gasteiger partial charge in [-0.05, 0) is 131 Å². The van der Waals surface area contributed by atoms with Crippen LogP contribution in [0.5, 0.6) is 0 Å². The number of nitrogens with one attached hydrogen (secondary N) is 2. The lowest BCUT2D eigenvalue weighted by atomic mass is 9.94. The number of hydrogen-bond donors (Lipinski definition) is 2. The molecule has 0 bridgehead atoms. The molecule has 3 nitrogen and oxygen atoms in total. The van der Waals surface area contributed by atoms with E-state index >= 15 is 0 Å². The van der Waals surface area contributed by atoms with Gasteiger partial charge in [-0.2, -0.15) is 0 Å². The lowest BCUT2D eigenvalue weighted by molar-refractivity contribution is 0.334. The number of aromatic amines is 1. The van der Waals surface area contributed by atoms with Crippen molar-refractivity contribution in [2.45, 2.75) is 53.4 Å². The highest BCUT2D eigenvalue weighted by molar-refractivity contribution is 7.16. The van der Waals surface area contributed by atoms with E-state index in [1.54, 1.807) is 11.3 Å². The van der Waals surface area contributed by atoms with Crippen LogP contribution in [0.25, 0.3) is 26.9 Å². The van der Waals surface area contributed by atoms with Gasteiger partial charge >= 0.3 is 0 Å². The van der Waals surface area contributed by atoms with Crippen LogP contribution < -0.4 is 0 Å². The maximum atomic E-state index is 9.28. The Kier molecular flexibility index (Phi) is 10.7. The van der Waals surface area contributed by atoms with Crippen molar-refractivity contribution in [3.8, 4) is 10.4 Å². The van der Waals surface area contributed by atoms with Crippen molar-refractivity contribution >= 4 is 33.5 Å². The third-order valence-corrected chi connectivity index (χ3v) is 9.38. The molecule has 0 spiro atoms. The number of rotatable bonds is 13. The second-order valence-electron chi connectivity index (χ2n) is 11.1. The maximum absolute atomic E-state index is 9.28. The summed E-state index contributed by atoms with van der Waals surface area (Å²) < 4.78 is 0. The SMILES string of the molecule is C=C/C(=C\C(=C/C)C(=C)/C=C(C(=N)c1cc2c(-c3ccc(C(=C)C)s3)cccc2[nH]1)\C(C)=C/C)CCCN1CCCC1. The lowest BCUT2D eigenvalue weighted by Gasteiger charge is -2.15. The summed E-state index contributed by atoms with van der Waals surface area (Å²) >= 11 is 1.75. The van der Waals surface area contributed by atoms with E-state index in [9.17, 15) is 5.41 Å². The molecular weight excluding hydrogens is 531 g/mol. The minimum Gasteiger partial charge on any atom is -0.353 e. The average molecular weight is 576 g/mol. The predicted molar refractivity (Wildman–Crippen MR) is 187 cm³/mol. The van der Waals surface area contributed by atoms with Crippen LogP contribution in [0.15, 0.2) is 114 Å². The van der Waals surface area contributed by atoms with Crippen molar-refractivity contribution in [1.82, 2.24) is 9.88 Å². The highest BCUT2D eigenvalue weighted by atomic mass is 32.1. The third kappa shape index (κ3) is 7.36. The van der Waals surface area contributed by atoms with Crippen molar-refractivity contribution < 1.29 is 0 Å². The van der Waals surface area contributed by atoms with Crippen LogP contribution in [0, 0.1) is 5.41 Å². The molecular formula is C38H45N3S. The van der Waals surface area contributed by atoms with E-state index in [0.29, 0.717) is 5.71 Å². The van der Waals surface area contributed by atoms with Crippen molar-refractivity contribution in [3.63, 3.8) is 0 Å². The molecule has 1 aliphatic heterocycles. The van der Waals surface area contributed by atoms with Gasteiger partial charge in [-0.1, -0.05) is 56.2 Å². The molecule has 4 heteroatoms. The summed E-state index contributed by atoms with van der Waals surface area (Å²) in [4.78, 5) is 8.47. The summed E-state index contributed by atoms with van der Waals surface area (Å²) in [5.74, 6) is 0. The standard InChI is InChI=1S/C38H45N3S/c1-8-27(6)32(23-28(7)30(10-3)24-29(9-2)15-14-22-41-20-11-12-21-41)38(39)35-25-33-31(16-13-17-34(33)40-35)37-19-18-36(42-37)26(4)5/h8-10,13,16-19,23-25,39-40H,2,4,7,11-12,14-15,20-22H2,1,3,5-6H3/b27-8-,29-24+,30-10+,32-23+,39-38?. The number of hydrogen-bond acceptors (Lipinski definition) is 3. The highest BCUT2D eigenvalue weighted by Crippen LogP contribution is 2.36. The molecule has 42 heavy (non-hydrogen) atoms. The molecule has 2 aromatic heterocycles. The summed E-state index contributed by atoms with van der Waals surface area (Å²) in [5, 5.41) is 10.4. The van der Waals surface area contributed by atoms with E-state index in [2.05, 4.69) is 97.2 Å². The fraction of sp³-hybridized carbons (Fsp3) is 0.289. The summed E-state index contributed by atoms with van der Waals surface area (Å²) in [6.45, 7) is 24.4. The first-order valence-electron chi connectivity index (χ1n) is 15.0. The predicted octanol–water partition coefficient (Wildman–Crippen LogP) is 10.7. The van der Waals surface area contributed by atoms with Crippen LogP contribution in [-0.4, -0.2) is 35.2 Å². The van der Waals surface area contributed by atoms with Crippen LogP contribution >= 0.6 is 11.3 Å². The van der Waals surface area contributed by atoms with Gasteiger partial charge in [0.15, 0.2) is 0 Å². The van der Waals surface area contributed by atoms with E-state index in [1.807, 2.05) is 26.8 Å². The normalized spacial score (nSPS) is 15.4. The fourth-order valence-corrected chi connectivity index (χ4v) is 6.44. The Balaban J connectivity index is 1.60. The minimum atomic E-state index is 0.455. The van der Waals surface area contributed by atoms with Gasteiger partial charge in [0.2, 0.25) is 0 Å². The molecule has 3 aromatic rings. The molecule has 1 aliphatic rings. The second kappa shape index (κ2) is 14.4. The van der Waals surface area contributed by atoms with E-state index in [1.165, 1.54) is 46.8 Å². The third-order valence-electron chi connectivity index (χ3n) is 8.09. The minimum absolute atomic E-state index is 0.455. The number of allylic oxidation sites excluding steroid dienone is 11. The molecule has 0 radical (unpaired) electrons. The second-order valence-corrected chi connectivity index (χ2v) is 12.2. The molecule has 0 saturated carbocycles. The van der Waals surface area contributed by atoms with Crippen molar-refractivity contribution in [3.05, 3.63) is 125 Å². The van der Waals surface area contributed by atoms with Crippen LogP contribution in [0.1, 0.15) is 63.9 Å². The number of nitrogens with zero attached hydrogens (tertiary/aromatic N) is 1. The van der Waals surface area contributed by atoms with Crippen LogP contribution in [0.4, 0.5) is 0 Å². The Hall–Kier alpha value is -3.73. The molecule has 218 valence electrons. The summed E-state index contributed by atoms with van der Waals surface area (Å²) in [7, 11) is 0. The van der Waals surface area contributed by atoms with Crippen LogP contribution in [0.2, 0.25) is 0 Å². The van der Waals surface area contributed by atoms with E-state index in [-0.39, 0.29) is 0 Å². The van der Waals surface area contributed by atoms with Gasteiger partial charge in [0.1, 0.15) is 0 Å². The van der Waals surface area contributed by atoms with Gasteiger partial charge in [0.25, 0.3) is 0 Å². The van der Waals surface area contributed by atoms with Crippen molar-refractivity contribution in [2.75, 3.05) is 19.6 Å². The van der Waals surface area contributed by atoms with Gasteiger partial charge in [-0.15, -0.1) is 11.3 Å². The Morgan fingerprint density at radius 3 is 2.45 bits per heavy atom. The van der Waals surface area contributed by atoms with Crippen LogP contribution in [0.3, 0.4) is 0 Å². The van der Waals surface area contributed by atoms with Crippen molar-refractivity contribution in [1.29, 1.82) is 5.41 Å². The molecule has 4 rings (SSSR count). The Morgan fingerprint density at radius 2 is 1.81 bits per heavy atom. The molecule has 0 unspecified atom stereocenters. The smallest absolute Gasteiger partial charge is 0.0850 e. The lowest BCUT2D eigenvalue weighted by Crippen LogP contribution is -2.20. The summed E-state index contributed by atoms with van der Waals surface area (Å²) in [5.41, 5.74) is 9.59. The first kappa shape index (κ1) is 31.2. The quantitative estimate of drug-likeness (QED) is 0.154. The Labute approximate surface area is 256 Å². The number of thiophene rings is 1. The largest absolute Gasteiger partial charge is 0.353 e. The Morgan fingerprint density at radius 1 is 1.05 bits per heavy atom. The zero-order chi connectivity index (χ0) is 30.2. The molecule has 3 heterocycles. The first-order valence-corrected chi connectivity index (χ1v) is 15.8. The van der Waals surface area contributed by atoms with Gasteiger partial charge in [-0.3, -0.25) is 5.41 Å². The maximum Gasteiger partial charge on any atom is 0.0850 e. The molecule has 1 aromatic carbocycles. The number of benzene rings is 1. The van der Waals surface area contributed by atoms with Crippen LogP contribution in [-0.2, 0) is 0 Å². The summed E-state index contributed by atoms with van der Waals surface area (Å²) in [6, 6.07) is 12.7. The Bertz CT molecular complexity index is 1610. The molecule has 1 saturated heterocycles. The van der Waals surface area contributed by atoms with Crippen molar-refractivity contribution in [2.24, 2.45) is 0 Å².